The number of nitrogens with one attached hydrogen (secondary N) is 1. The van der Waals surface area contributed by atoms with Crippen molar-refractivity contribution in [2.24, 2.45) is 0 Å². The topological polar surface area (TPSA) is 50.2 Å². The molecule has 0 aliphatic carbocycles. The highest BCUT2D eigenvalue weighted by molar-refractivity contribution is 6.33. The third-order valence-corrected chi connectivity index (χ3v) is 5.91. The molecule has 1 aliphatic rings. The third kappa shape index (κ3) is 4.74. The molecule has 30 heavy (non-hydrogen) atoms. The summed E-state index contributed by atoms with van der Waals surface area (Å²) in [5, 5.41) is 7.75. The first-order valence-corrected chi connectivity index (χ1v) is 10.9. The molecule has 0 radical (unpaired) electrons. The normalized spacial score (nSPS) is 14.6. The highest BCUT2D eigenvalue weighted by atomic mass is 35.5. The van der Waals surface area contributed by atoms with Gasteiger partial charge in [-0.05, 0) is 56.1 Å². The number of aromatic nitrogens is 2. The summed E-state index contributed by atoms with van der Waals surface area (Å²) >= 11 is 6.49. The molecular formula is C24H27ClN4O. The molecule has 6 heteroatoms. The van der Waals surface area contributed by atoms with E-state index in [0.29, 0.717) is 23.0 Å². The van der Waals surface area contributed by atoms with E-state index in [2.05, 4.69) is 39.6 Å². The molecule has 3 aromatic rings. The summed E-state index contributed by atoms with van der Waals surface area (Å²) in [6, 6.07) is 18.1. The van der Waals surface area contributed by atoms with Crippen LogP contribution in [0.15, 0.2) is 54.6 Å². The molecule has 0 atom stereocenters. The standard InChI is InChI=1S/C24H27ClN4O/c1-18-22(23(25)29(27-18)21-8-4-2-5-9-21)24(30)26-16-19-10-12-20(13-11-19)17-28-14-6-3-7-15-28/h2,4-5,8-13H,3,6-7,14-17H2,1H3,(H,26,30). The van der Waals surface area contributed by atoms with Crippen LogP contribution in [0.1, 0.15) is 46.4 Å². The van der Waals surface area contributed by atoms with Crippen LogP contribution in [0.4, 0.5) is 0 Å². The predicted molar refractivity (Wildman–Crippen MR) is 120 cm³/mol. The summed E-state index contributed by atoms with van der Waals surface area (Å²) in [7, 11) is 0. The van der Waals surface area contributed by atoms with Crippen molar-refractivity contribution in [2.75, 3.05) is 13.1 Å². The number of halogens is 1. The van der Waals surface area contributed by atoms with E-state index in [-0.39, 0.29) is 5.91 Å². The smallest absolute Gasteiger partial charge is 0.256 e. The molecule has 1 aliphatic heterocycles. The van der Waals surface area contributed by atoms with Crippen LogP contribution in [0.25, 0.3) is 5.69 Å². The van der Waals surface area contributed by atoms with Crippen LogP contribution >= 0.6 is 11.6 Å². The number of amides is 1. The fourth-order valence-electron chi connectivity index (χ4n) is 3.91. The fourth-order valence-corrected chi connectivity index (χ4v) is 4.26. The molecule has 0 saturated carbocycles. The lowest BCUT2D eigenvalue weighted by Gasteiger charge is -2.26. The minimum atomic E-state index is -0.211. The zero-order chi connectivity index (χ0) is 20.9. The molecular weight excluding hydrogens is 396 g/mol. The minimum absolute atomic E-state index is 0.211. The lowest BCUT2D eigenvalue weighted by molar-refractivity contribution is 0.0950. The van der Waals surface area contributed by atoms with Gasteiger partial charge >= 0.3 is 0 Å². The molecule has 0 bridgehead atoms. The highest BCUT2D eigenvalue weighted by Gasteiger charge is 2.21. The van der Waals surface area contributed by atoms with Crippen molar-refractivity contribution in [3.8, 4) is 5.69 Å². The molecule has 0 unspecified atom stereocenters. The van der Waals surface area contributed by atoms with Crippen LogP contribution in [0.5, 0.6) is 0 Å². The van der Waals surface area contributed by atoms with Crippen LogP contribution in [-0.4, -0.2) is 33.7 Å². The van der Waals surface area contributed by atoms with Gasteiger partial charge in [0.25, 0.3) is 5.91 Å². The second-order valence-corrected chi connectivity index (χ2v) is 8.19. The number of piperidine rings is 1. The van der Waals surface area contributed by atoms with E-state index in [0.717, 1.165) is 17.8 Å². The summed E-state index contributed by atoms with van der Waals surface area (Å²) in [6.45, 7) is 5.63. The molecule has 2 aromatic carbocycles. The molecule has 4 rings (SSSR count). The number of likely N-dealkylation sites (tertiary alicyclic amines) is 1. The van der Waals surface area contributed by atoms with Gasteiger partial charge in [-0.3, -0.25) is 9.69 Å². The average molecular weight is 423 g/mol. The Hall–Kier alpha value is -2.63. The van der Waals surface area contributed by atoms with Crippen molar-refractivity contribution in [1.82, 2.24) is 20.0 Å². The lowest BCUT2D eigenvalue weighted by atomic mass is 10.1. The summed E-state index contributed by atoms with van der Waals surface area (Å²) in [4.78, 5) is 15.3. The van der Waals surface area contributed by atoms with Crippen molar-refractivity contribution in [3.63, 3.8) is 0 Å². The number of carbonyl (C=O) groups excluding carboxylic acids is 1. The maximum Gasteiger partial charge on any atom is 0.256 e. The fraction of sp³-hybridized carbons (Fsp3) is 0.333. The highest BCUT2D eigenvalue weighted by Crippen LogP contribution is 2.23. The van der Waals surface area contributed by atoms with E-state index in [9.17, 15) is 4.79 Å². The van der Waals surface area contributed by atoms with Gasteiger partial charge in [-0.25, -0.2) is 4.68 Å². The second kappa shape index (κ2) is 9.45. The Morgan fingerprint density at radius 3 is 2.37 bits per heavy atom. The lowest BCUT2D eigenvalue weighted by Crippen LogP contribution is -2.29. The van der Waals surface area contributed by atoms with Crippen molar-refractivity contribution in [2.45, 2.75) is 39.3 Å². The van der Waals surface area contributed by atoms with Crippen LogP contribution in [0.2, 0.25) is 5.15 Å². The van der Waals surface area contributed by atoms with Gasteiger partial charge in [-0.15, -0.1) is 0 Å². The third-order valence-electron chi connectivity index (χ3n) is 5.56. The first-order chi connectivity index (χ1) is 14.6. The maximum atomic E-state index is 12.8. The Labute approximate surface area is 182 Å². The molecule has 0 spiro atoms. The number of aryl methyl sites for hydroxylation is 1. The molecule has 5 nitrogen and oxygen atoms in total. The number of hydrogen-bond donors (Lipinski definition) is 1. The summed E-state index contributed by atoms with van der Waals surface area (Å²) in [5.41, 5.74) is 4.24. The van der Waals surface area contributed by atoms with E-state index >= 15 is 0 Å². The van der Waals surface area contributed by atoms with Crippen molar-refractivity contribution >= 4 is 17.5 Å². The van der Waals surface area contributed by atoms with Gasteiger partial charge in [0.2, 0.25) is 0 Å². The van der Waals surface area contributed by atoms with Crippen LogP contribution in [0, 0.1) is 6.92 Å². The maximum absolute atomic E-state index is 12.8. The monoisotopic (exact) mass is 422 g/mol. The number of rotatable bonds is 6. The number of nitrogens with zero attached hydrogens (tertiary/aromatic N) is 3. The van der Waals surface area contributed by atoms with Crippen molar-refractivity contribution in [3.05, 3.63) is 82.1 Å². The molecule has 1 N–H and O–H groups in total. The second-order valence-electron chi connectivity index (χ2n) is 7.83. The molecule has 1 fully saturated rings. The SMILES string of the molecule is Cc1nn(-c2ccccc2)c(Cl)c1C(=O)NCc1ccc(CN2CCCCC2)cc1. The Morgan fingerprint density at radius 2 is 1.67 bits per heavy atom. The van der Waals surface area contributed by atoms with Gasteiger partial charge in [0.05, 0.1) is 16.9 Å². The Kier molecular flexibility index (Phi) is 6.50. The van der Waals surface area contributed by atoms with E-state index in [1.54, 1.807) is 11.6 Å². The van der Waals surface area contributed by atoms with Gasteiger partial charge in [0.1, 0.15) is 5.15 Å². The van der Waals surface area contributed by atoms with E-state index in [1.807, 2.05) is 30.3 Å². The van der Waals surface area contributed by atoms with Crippen LogP contribution in [0.3, 0.4) is 0 Å². The van der Waals surface area contributed by atoms with E-state index < -0.39 is 0 Å². The van der Waals surface area contributed by atoms with Crippen molar-refractivity contribution in [1.29, 1.82) is 0 Å². The number of hydrogen-bond acceptors (Lipinski definition) is 3. The van der Waals surface area contributed by atoms with E-state index in [4.69, 9.17) is 11.6 Å². The quantitative estimate of drug-likeness (QED) is 0.623. The zero-order valence-electron chi connectivity index (χ0n) is 17.3. The Morgan fingerprint density at radius 1 is 1.00 bits per heavy atom. The van der Waals surface area contributed by atoms with Gasteiger partial charge in [-0.2, -0.15) is 5.10 Å². The van der Waals surface area contributed by atoms with Crippen LogP contribution in [-0.2, 0) is 13.1 Å². The summed E-state index contributed by atoms with van der Waals surface area (Å²) in [6.07, 6.45) is 3.95. The minimum Gasteiger partial charge on any atom is -0.348 e. The summed E-state index contributed by atoms with van der Waals surface area (Å²) < 4.78 is 1.60. The van der Waals surface area contributed by atoms with Crippen LogP contribution < -0.4 is 5.32 Å². The van der Waals surface area contributed by atoms with Gasteiger partial charge in [-0.1, -0.05) is 60.5 Å². The molecule has 1 aromatic heterocycles. The number of benzene rings is 2. The van der Waals surface area contributed by atoms with Crippen molar-refractivity contribution < 1.29 is 4.79 Å². The number of carbonyl (C=O) groups is 1. The van der Waals surface area contributed by atoms with Gasteiger partial charge < -0.3 is 5.32 Å². The Balaban J connectivity index is 1.38. The van der Waals surface area contributed by atoms with E-state index in [1.165, 1.54) is 37.9 Å². The first-order valence-electron chi connectivity index (χ1n) is 10.5. The average Bonchev–Trinajstić information content (AvgIpc) is 3.08. The van der Waals surface area contributed by atoms with Gasteiger partial charge in [0.15, 0.2) is 0 Å². The molecule has 2 heterocycles. The molecule has 156 valence electrons. The largest absolute Gasteiger partial charge is 0.348 e. The summed E-state index contributed by atoms with van der Waals surface area (Å²) in [5.74, 6) is -0.211. The predicted octanol–water partition coefficient (Wildman–Crippen LogP) is 4.75. The number of para-hydroxylation sites is 1. The first kappa shape index (κ1) is 20.6. The van der Waals surface area contributed by atoms with Gasteiger partial charge in [0, 0.05) is 13.1 Å². The zero-order valence-corrected chi connectivity index (χ0v) is 18.0. The molecule has 1 amide bonds. The molecule has 1 saturated heterocycles. The Bertz CT molecular complexity index is 992.